The molecular formula is C14H15BrN2S. The molecule has 18 heavy (non-hydrogen) atoms. The summed E-state index contributed by atoms with van der Waals surface area (Å²) in [5, 5.41) is 4.47. The molecule has 0 amide bonds. The smallest absolute Gasteiger partial charge is 0.183 e. The summed E-state index contributed by atoms with van der Waals surface area (Å²) in [7, 11) is 0. The number of hydrogen-bond acceptors (Lipinski definition) is 3. The van der Waals surface area contributed by atoms with Crippen molar-refractivity contribution in [2.45, 2.75) is 20.3 Å². The zero-order chi connectivity index (χ0) is 12.7. The highest BCUT2D eigenvalue weighted by molar-refractivity contribution is 9.10. The fourth-order valence-electron chi connectivity index (χ4n) is 2.16. The summed E-state index contributed by atoms with van der Waals surface area (Å²) < 4.78 is 1.15. The highest BCUT2D eigenvalue weighted by atomic mass is 79.9. The minimum Gasteiger partial charge on any atom is -0.361 e. The monoisotopic (exact) mass is 322 g/mol. The lowest BCUT2D eigenvalue weighted by Crippen LogP contribution is -2.07. The number of nitrogens with zero attached hydrogens (tertiary/aromatic N) is 1. The van der Waals surface area contributed by atoms with Gasteiger partial charge >= 0.3 is 0 Å². The second kappa shape index (κ2) is 4.67. The topological polar surface area (TPSA) is 24.9 Å². The fraction of sp³-hybridized carbons (Fsp3) is 0.357. The summed E-state index contributed by atoms with van der Waals surface area (Å²) >= 11 is 5.31. The summed E-state index contributed by atoms with van der Waals surface area (Å²) in [4.78, 5) is 6.11. The van der Waals surface area contributed by atoms with Gasteiger partial charge in [-0.05, 0) is 23.6 Å². The number of anilines is 1. The third-order valence-corrected chi connectivity index (χ3v) is 4.54. The van der Waals surface area contributed by atoms with Gasteiger partial charge < -0.3 is 5.32 Å². The van der Waals surface area contributed by atoms with Gasteiger partial charge in [-0.15, -0.1) is 11.3 Å². The van der Waals surface area contributed by atoms with Crippen LogP contribution in [-0.2, 0) is 6.42 Å². The Balaban J connectivity index is 1.88. The van der Waals surface area contributed by atoms with E-state index in [1.807, 2.05) is 0 Å². The Morgan fingerprint density at radius 1 is 1.44 bits per heavy atom. The molecule has 2 aromatic rings. The van der Waals surface area contributed by atoms with E-state index in [9.17, 15) is 0 Å². The van der Waals surface area contributed by atoms with Crippen LogP contribution in [0.2, 0.25) is 0 Å². The number of hydrogen-bond donors (Lipinski definition) is 1. The quantitative estimate of drug-likeness (QED) is 0.765. The van der Waals surface area contributed by atoms with Crippen LogP contribution in [0.25, 0.3) is 11.3 Å². The van der Waals surface area contributed by atoms with Gasteiger partial charge in [-0.1, -0.05) is 35.8 Å². The number of nitrogens with one attached hydrogen (secondary N) is 1. The van der Waals surface area contributed by atoms with Crippen LogP contribution in [-0.4, -0.2) is 11.5 Å². The van der Waals surface area contributed by atoms with Crippen molar-refractivity contribution in [1.29, 1.82) is 0 Å². The van der Waals surface area contributed by atoms with E-state index in [0.29, 0.717) is 5.92 Å². The van der Waals surface area contributed by atoms with E-state index in [1.54, 1.807) is 11.3 Å². The van der Waals surface area contributed by atoms with Crippen LogP contribution in [0.4, 0.5) is 5.13 Å². The first-order valence-corrected chi connectivity index (χ1v) is 7.77. The molecule has 4 heteroatoms. The molecule has 0 atom stereocenters. The van der Waals surface area contributed by atoms with E-state index in [0.717, 1.165) is 22.6 Å². The van der Waals surface area contributed by atoms with Crippen molar-refractivity contribution in [2.24, 2.45) is 5.92 Å². The van der Waals surface area contributed by atoms with Gasteiger partial charge in [0.05, 0.1) is 5.69 Å². The molecule has 0 fully saturated rings. The lowest BCUT2D eigenvalue weighted by molar-refractivity contribution is 0.688. The molecule has 0 unspecified atom stereocenters. The van der Waals surface area contributed by atoms with E-state index >= 15 is 0 Å². The van der Waals surface area contributed by atoms with E-state index in [-0.39, 0.29) is 0 Å². The molecule has 1 N–H and O–H groups in total. The number of halogens is 1. The predicted octanol–water partition coefficient (Wildman–Crippen LogP) is 4.54. The Bertz CT molecular complexity index is 589. The molecule has 1 aliphatic carbocycles. The van der Waals surface area contributed by atoms with Crippen LogP contribution >= 0.6 is 27.3 Å². The summed E-state index contributed by atoms with van der Waals surface area (Å²) in [6, 6.07) is 6.46. The van der Waals surface area contributed by atoms with Gasteiger partial charge in [-0.3, -0.25) is 0 Å². The lowest BCUT2D eigenvalue weighted by Gasteiger charge is -2.05. The first-order valence-electron chi connectivity index (χ1n) is 6.16. The van der Waals surface area contributed by atoms with Gasteiger partial charge in [-0.2, -0.15) is 0 Å². The van der Waals surface area contributed by atoms with E-state index in [1.165, 1.54) is 21.7 Å². The maximum Gasteiger partial charge on any atom is 0.183 e. The van der Waals surface area contributed by atoms with E-state index in [2.05, 4.69) is 53.3 Å². The zero-order valence-electron chi connectivity index (χ0n) is 10.5. The Kier molecular flexibility index (Phi) is 3.16. The molecule has 0 bridgehead atoms. The maximum atomic E-state index is 4.73. The molecule has 2 nitrogen and oxygen atoms in total. The largest absolute Gasteiger partial charge is 0.361 e. The van der Waals surface area contributed by atoms with E-state index < -0.39 is 0 Å². The summed E-state index contributed by atoms with van der Waals surface area (Å²) in [6.07, 6.45) is 1.02. The SMILES string of the molecule is CC(C)CNc1nc2c(s1)Cc1cc(Br)ccc1-2. The summed E-state index contributed by atoms with van der Waals surface area (Å²) in [5.41, 5.74) is 3.85. The third-order valence-electron chi connectivity index (χ3n) is 3.03. The van der Waals surface area contributed by atoms with Crippen LogP contribution in [0, 0.1) is 5.92 Å². The third kappa shape index (κ3) is 2.19. The van der Waals surface area contributed by atoms with Gasteiger partial charge in [0.2, 0.25) is 0 Å². The standard InChI is InChI=1S/C14H15BrN2S/c1-8(2)7-16-14-17-13-11-4-3-10(15)5-9(11)6-12(13)18-14/h3-5,8H,6-7H2,1-2H3,(H,16,17). The molecule has 94 valence electrons. The van der Waals surface area contributed by atoms with Gasteiger partial charge in [-0.25, -0.2) is 4.98 Å². The molecule has 3 rings (SSSR count). The molecule has 1 aromatic heterocycles. The summed E-state index contributed by atoms with van der Waals surface area (Å²) in [6.45, 7) is 5.40. The predicted molar refractivity (Wildman–Crippen MR) is 81.4 cm³/mol. The lowest BCUT2D eigenvalue weighted by atomic mass is 10.1. The molecule has 1 aliphatic rings. The second-order valence-corrected chi connectivity index (χ2v) is 7.04. The van der Waals surface area contributed by atoms with Gasteiger partial charge in [0.15, 0.2) is 5.13 Å². The summed E-state index contributed by atoms with van der Waals surface area (Å²) in [5.74, 6) is 0.645. The fourth-order valence-corrected chi connectivity index (χ4v) is 3.58. The number of aromatic nitrogens is 1. The van der Waals surface area contributed by atoms with E-state index in [4.69, 9.17) is 4.98 Å². The van der Waals surface area contributed by atoms with Crippen LogP contribution in [0.5, 0.6) is 0 Å². The molecular weight excluding hydrogens is 308 g/mol. The Hall–Kier alpha value is -0.870. The second-order valence-electron chi connectivity index (χ2n) is 5.04. The Morgan fingerprint density at radius 2 is 2.28 bits per heavy atom. The molecule has 1 aromatic carbocycles. The van der Waals surface area contributed by atoms with Crippen molar-refractivity contribution in [3.05, 3.63) is 33.1 Å². The van der Waals surface area contributed by atoms with Crippen molar-refractivity contribution < 1.29 is 0 Å². The van der Waals surface area contributed by atoms with Gasteiger partial charge in [0.1, 0.15) is 0 Å². The Labute approximate surface area is 120 Å². The van der Waals surface area contributed by atoms with Gasteiger partial charge in [0.25, 0.3) is 0 Å². The molecule has 1 heterocycles. The highest BCUT2D eigenvalue weighted by Crippen LogP contribution is 2.41. The molecule has 0 saturated carbocycles. The van der Waals surface area contributed by atoms with Gasteiger partial charge in [0, 0.05) is 27.9 Å². The maximum absolute atomic E-state index is 4.73. The average molecular weight is 323 g/mol. The molecule has 0 aliphatic heterocycles. The minimum absolute atomic E-state index is 0.645. The van der Waals surface area contributed by atoms with Crippen LogP contribution in [0.15, 0.2) is 22.7 Å². The van der Waals surface area contributed by atoms with Crippen molar-refractivity contribution in [2.75, 3.05) is 11.9 Å². The first-order chi connectivity index (χ1) is 8.63. The first kappa shape index (κ1) is 12.2. The minimum atomic E-state index is 0.645. The van der Waals surface area contributed by atoms with Crippen LogP contribution in [0.3, 0.4) is 0 Å². The number of benzene rings is 1. The van der Waals surface area contributed by atoms with Crippen molar-refractivity contribution in [3.63, 3.8) is 0 Å². The molecule has 0 radical (unpaired) electrons. The molecule has 0 saturated heterocycles. The molecule has 0 spiro atoms. The highest BCUT2D eigenvalue weighted by Gasteiger charge is 2.23. The number of thiazole rings is 1. The van der Waals surface area contributed by atoms with Crippen molar-refractivity contribution in [3.8, 4) is 11.3 Å². The number of rotatable bonds is 3. The number of fused-ring (bicyclic) bond motifs is 3. The van der Waals surface area contributed by atoms with Crippen molar-refractivity contribution >= 4 is 32.4 Å². The Morgan fingerprint density at radius 3 is 3.06 bits per heavy atom. The van der Waals surface area contributed by atoms with Crippen LogP contribution < -0.4 is 5.32 Å². The zero-order valence-corrected chi connectivity index (χ0v) is 12.9. The normalized spacial score (nSPS) is 12.7. The van der Waals surface area contributed by atoms with Crippen molar-refractivity contribution in [1.82, 2.24) is 4.98 Å². The van der Waals surface area contributed by atoms with Crippen LogP contribution in [0.1, 0.15) is 24.3 Å². The average Bonchev–Trinajstić information content (AvgIpc) is 2.82.